The Morgan fingerprint density at radius 3 is 2.22 bits per heavy atom. The second-order valence-electron chi connectivity index (χ2n) is 15.2. The molecule has 1 unspecified atom stereocenters. The van der Waals surface area contributed by atoms with Crippen molar-refractivity contribution in [3.8, 4) is 0 Å². The van der Waals surface area contributed by atoms with Crippen LogP contribution in [0.3, 0.4) is 0 Å². The summed E-state index contributed by atoms with van der Waals surface area (Å²) in [5.74, 6) is -0.471. The smallest absolute Gasteiger partial charge is 0.318 e. The van der Waals surface area contributed by atoms with E-state index in [9.17, 15) is 24.4 Å². The number of urea groups is 1. The van der Waals surface area contributed by atoms with E-state index in [1.54, 1.807) is 11.0 Å². The van der Waals surface area contributed by atoms with Gasteiger partial charge in [0.2, 0.25) is 5.91 Å². The van der Waals surface area contributed by atoms with Gasteiger partial charge in [-0.2, -0.15) is 0 Å². The van der Waals surface area contributed by atoms with Crippen LogP contribution in [0.5, 0.6) is 0 Å². The van der Waals surface area contributed by atoms with Crippen molar-refractivity contribution in [1.29, 1.82) is 5.41 Å². The Hall–Kier alpha value is -4.74. The molecule has 3 atom stereocenters. The SMILES string of the molecule is CC(=N)/C(=N\O)C(=O)N[C@H](C(=O)Nc1ccc2c(c1)CC(C(=O)Nc1ccccc1C(C)C)(N1C[C@@H](C(C)C)NC1=O)C2)C(C1CC1)C1CC1. The lowest BCUT2D eigenvalue weighted by Crippen LogP contribution is -2.59. The van der Waals surface area contributed by atoms with Gasteiger partial charge in [-0.1, -0.05) is 57.1 Å². The van der Waals surface area contributed by atoms with Crippen LogP contribution in [0.4, 0.5) is 16.2 Å². The highest BCUT2D eigenvalue weighted by atomic mass is 16.4. The highest BCUT2D eigenvalue weighted by Crippen LogP contribution is 2.51. The number of nitrogens with one attached hydrogen (secondary N) is 5. The summed E-state index contributed by atoms with van der Waals surface area (Å²) in [5, 5.41) is 32.3. The molecule has 3 aliphatic carbocycles. The minimum absolute atomic E-state index is 0.0630. The summed E-state index contributed by atoms with van der Waals surface area (Å²) in [5.41, 5.74) is 2.19. The highest BCUT2D eigenvalue weighted by Gasteiger charge is 2.54. The Labute approximate surface area is 293 Å². The van der Waals surface area contributed by atoms with E-state index in [4.69, 9.17) is 5.41 Å². The molecule has 1 aliphatic heterocycles. The molecule has 0 bridgehead atoms. The first-order valence-corrected chi connectivity index (χ1v) is 17.8. The van der Waals surface area contributed by atoms with Gasteiger partial charge in [0.05, 0.1) is 11.8 Å². The van der Waals surface area contributed by atoms with Gasteiger partial charge in [-0.15, -0.1) is 0 Å². The molecule has 0 aromatic heterocycles. The molecule has 4 aliphatic rings. The van der Waals surface area contributed by atoms with Crippen LogP contribution in [0.25, 0.3) is 0 Å². The van der Waals surface area contributed by atoms with Gasteiger partial charge >= 0.3 is 6.03 Å². The van der Waals surface area contributed by atoms with Gasteiger partial charge in [0.25, 0.3) is 11.8 Å². The number of para-hydroxylation sites is 1. The maximum Gasteiger partial charge on any atom is 0.318 e. The first kappa shape index (κ1) is 35.1. The predicted octanol–water partition coefficient (Wildman–Crippen LogP) is 5.07. The van der Waals surface area contributed by atoms with Gasteiger partial charge in [-0.05, 0) is 97.1 Å². The second kappa shape index (κ2) is 13.9. The van der Waals surface area contributed by atoms with Gasteiger partial charge in [0.15, 0.2) is 5.71 Å². The van der Waals surface area contributed by atoms with Crippen molar-refractivity contribution in [2.24, 2.45) is 28.8 Å². The van der Waals surface area contributed by atoms with Gasteiger partial charge in [-0.25, -0.2) is 4.79 Å². The largest absolute Gasteiger partial charge is 0.410 e. The molecule has 3 fully saturated rings. The summed E-state index contributed by atoms with van der Waals surface area (Å²) in [6.07, 6.45) is 4.52. The van der Waals surface area contributed by atoms with Crippen LogP contribution in [-0.2, 0) is 27.2 Å². The number of carbonyl (C=O) groups excluding carboxylic acids is 4. The summed E-state index contributed by atoms with van der Waals surface area (Å²) < 4.78 is 0. The van der Waals surface area contributed by atoms with E-state index in [1.165, 1.54) is 6.92 Å². The minimum Gasteiger partial charge on any atom is -0.410 e. The number of nitrogens with zero attached hydrogens (tertiary/aromatic N) is 2. The highest BCUT2D eigenvalue weighted by molar-refractivity contribution is 6.65. The maximum atomic E-state index is 14.5. The summed E-state index contributed by atoms with van der Waals surface area (Å²) in [6, 6.07) is 12.0. The van der Waals surface area contributed by atoms with Gasteiger partial charge in [0.1, 0.15) is 11.6 Å². The molecular formula is C38H49N7O5. The van der Waals surface area contributed by atoms with E-state index in [2.05, 4.69) is 54.1 Å². The Balaban J connectivity index is 1.28. The molecule has 6 rings (SSSR count). The van der Waals surface area contributed by atoms with Crippen LogP contribution in [0.1, 0.15) is 82.9 Å². The zero-order chi connectivity index (χ0) is 35.9. The molecule has 0 spiro atoms. The molecular weight excluding hydrogens is 634 g/mol. The number of benzene rings is 2. The topological polar surface area (TPSA) is 176 Å². The zero-order valence-electron chi connectivity index (χ0n) is 29.5. The first-order chi connectivity index (χ1) is 23.8. The van der Waals surface area contributed by atoms with E-state index < -0.39 is 23.2 Å². The van der Waals surface area contributed by atoms with Gasteiger partial charge < -0.3 is 36.8 Å². The predicted molar refractivity (Wildman–Crippen MR) is 192 cm³/mol. The maximum absolute atomic E-state index is 14.5. The fraction of sp³-hybridized carbons (Fsp3) is 0.526. The number of hydrogen-bond acceptors (Lipinski definition) is 7. The Morgan fingerprint density at radius 2 is 1.64 bits per heavy atom. The van der Waals surface area contributed by atoms with Gasteiger partial charge in [-0.3, -0.25) is 14.4 Å². The molecule has 2 saturated carbocycles. The van der Waals surface area contributed by atoms with Crippen molar-refractivity contribution in [3.05, 3.63) is 59.2 Å². The summed E-state index contributed by atoms with van der Waals surface area (Å²) >= 11 is 0. The van der Waals surface area contributed by atoms with Gasteiger partial charge in [0, 0.05) is 30.8 Å². The standard InChI is InChI=1S/C38H49N7O5/c1-20(2)28-8-6-7-9-29(28)41-36(48)38(45-19-30(21(3)4)42-37(45)49)17-25-14-15-27(16-26(25)18-38)40-35(47)33(31(23-10-11-23)24-12-13-24)43-34(46)32(44-50)22(5)39/h6-9,14-16,20-21,23-24,30-31,33,39,50H,10-13,17-19H2,1-5H3,(H,40,47)(H,41,48)(H,42,49)(H,43,46)/b39-22?,44-32+/t30-,33-,38?/m0/s1. The van der Waals surface area contributed by atoms with Crippen molar-refractivity contribution in [2.45, 2.75) is 96.7 Å². The number of amides is 5. The normalized spacial score (nSPS) is 22.4. The monoisotopic (exact) mass is 683 g/mol. The van der Waals surface area contributed by atoms with Crippen molar-refractivity contribution >= 4 is 46.6 Å². The Morgan fingerprint density at radius 1 is 0.980 bits per heavy atom. The third-order valence-corrected chi connectivity index (χ3v) is 10.9. The van der Waals surface area contributed by atoms with E-state index in [0.29, 0.717) is 30.5 Å². The average molecular weight is 684 g/mol. The third kappa shape index (κ3) is 6.97. The lowest BCUT2D eigenvalue weighted by molar-refractivity contribution is -0.125. The average Bonchev–Trinajstić information content (AvgIpc) is 4.00. The molecule has 6 N–H and O–H groups in total. The molecule has 50 heavy (non-hydrogen) atoms. The van der Waals surface area contributed by atoms with Crippen molar-refractivity contribution in [2.75, 3.05) is 17.2 Å². The van der Waals surface area contributed by atoms with E-state index in [-0.39, 0.29) is 53.8 Å². The number of fused-ring (bicyclic) bond motifs is 1. The number of hydrogen-bond donors (Lipinski definition) is 6. The molecule has 12 nitrogen and oxygen atoms in total. The first-order valence-electron chi connectivity index (χ1n) is 17.8. The van der Waals surface area contributed by atoms with E-state index >= 15 is 0 Å². The van der Waals surface area contributed by atoms with Crippen LogP contribution >= 0.6 is 0 Å². The third-order valence-electron chi connectivity index (χ3n) is 10.9. The van der Waals surface area contributed by atoms with E-state index in [0.717, 1.165) is 48.1 Å². The lowest BCUT2D eigenvalue weighted by Gasteiger charge is -2.37. The molecule has 12 heteroatoms. The summed E-state index contributed by atoms with van der Waals surface area (Å²) in [6.45, 7) is 10.00. The number of anilines is 2. The molecule has 1 saturated heterocycles. The van der Waals surface area contributed by atoms with Crippen LogP contribution in [0, 0.1) is 29.1 Å². The van der Waals surface area contributed by atoms with Crippen LogP contribution < -0.4 is 21.3 Å². The molecule has 2 aromatic carbocycles. The van der Waals surface area contributed by atoms with E-state index in [1.807, 2.05) is 36.4 Å². The molecule has 5 amide bonds. The van der Waals surface area contributed by atoms with Crippen molar-refractivity contribution in [3.63, 3.8) is 0 Å². The van der Waals surface area contributed by atoms with Crippen LogP contribution in [0.2, 0.25) is 0 Å². The lowest BCUT2D eigenvalue weighted by atomic mass is 9.88. The Kier molecular flexibility index (Phi) is 9.74. The second-order valence-corrected chi connectivity index (χ2v) is 15.2. The van der Waals surface area contributed by atoms with Crippen molar-refractivity contribution in [1.82, 2.24) is 15.5 Å². The number of carbonyl (C=O) groups is 4. The minimum atomic E-state index is -1.19. The Bertz CT molecular complexity index is 1720. The fourth-order valence-corrected chi connectivity index (χ4v) is 7.82. The zero-order valence-corrected chi connectivity index (χ0v) is 29.5. The number of rotatable bonds is 13. The van der Waals surface area contributed by atoms with Crippen LogP contribution in [0.15, 0.2) is 47.6 Å². The molecule has 266 valence electrons. The summed E-state index contributed by atoms with van der Waals surface area (Å²) in [7, 11) is 0. The molecule has 2 aromatic rings. The fourth-order valence-electron chi connectivity index (χ4n) is 7.82. The number of oxime groups is 1. The van der Waals surface area contributed by atoms with Crippen molar-refractivity contribution < 1.29 is 24.4 Å². The molecule has 0 radical (unpaired) electrons. The van der Waals surface area contributed by atoms with Crippen LogP contribution in [-0.4, -0.2) is 69.5 Å². The summed E-state index contributed by atoms with van der Waals surface area (Å²) in [4.78, 5) is 56.8. The quantitative estimate of drug-likeness (QED) is 0.0981. The molecule has 1 heterocycles.